The second-order valence-electron chi connectivity index (χ2n) is 6.38. The summed E-state index contributed by atoms with van der Waals surface area (Å²) in [6.07, 6.45) is 7.09. The molecule has 2 aliphatic rings. The van der Waals surface area contributed by atoms with E-state index in [0.717, 1.165) is 44.1 Å². The number of aryl methyl sites for hydroxylation is 1. The highest BCUT2D eigenvalue weighted by Crippen LogP contribution is 2.26. The molecule has 1 aliphatic carbocycles. The normalized spacial score (nSPS) is 20.9. The van der Waals surface area contributed by atoms with Crippen LogP contribution in [0.25, 0.3) is 0 Å². The van der Waals surface area contributed by atoms with E-state index in [9.17, 15) is 4.79 Å². The number of aromatic nitrogens is 3. The average molecular weight is 291 g/mol. The van der Waals surface area contributed by atoms with E-state index < -0.39 is 0 Å². The first-order valence-corrected chi connectivity index (χ1v) is 8.14. The van der Waals surface area contributed by atoms with Crippen LogP contribution >= 0.6 is 0 Å². The predicted molar refractivity (Wildman–Crippen MR) is 80.0 cm³/mol. The lowest BCUT2D eigenvalue weighted by molar-refractivity contribution is 0.179. The Hall–Kier alpha value is -1.59. The van der Waals surface area contributed by atoms with Crippen LogP contribution in [0.3, 0.4) is 0 Å². The van der Waals surface area contributed by atoms with Gasteiger partial charge in [0.15, 0.2) is 5.82 Å². The fourth-order valence-electron chi connectivity index (χ4n) is 3.44. The summed E-state index contributed by atoms with van der Waals surface area (Å²) < 4.78 is 0. The molecular weight excluding hydrogens is 266 g/mol. The number of amides is 2. The van der Waals surface area contributed by atoms with Gasteiger partial charge in [-0.3, -0.25) is 5.10 Å². The van der Waals surface area contributed by atoms with Crippen LogP contribution in [0.15, 0.2) is 0 Å². The summed E-state index contributed by atoms with van der Waals surface area (Å²) in [6, 6.07) is 0.103. The molecule has 2 amide bonds. The van der Waals surface area contributed by atoms with Crippen molar-refractivity contribution in [3.63, 3.8) is 0 Å². The van der Waals surface area contributed by atoms with Gasteiger partial charge in [-0.1, -0.05) is 12.8 Å². The molecule has 6 heteroatoms. The Balaban J connectivity index is 1.43. The Labute approximate surface area is 125 Å². The molecule has 0 radical (unpaired) electrons. The summed E-state index contributed by atoms with van der Waals surface area (Å²) in [5, 5.41) is 10.2. The number of rotatable bonds is 3. The van der Waals surface area contributed by atoms with Crippen LogP contribution < -0.4 is 5.32 Å². The Bertz CT molecular complexity index is 472. The second kappa shape index (κ2) is 6.45. The summed E-state index contributed by atoms with van der Waals surface area (Å²) in [7, 11) is 0. The molecule has 2 N–H and O–H groups in total. The molecule has 0 unspecified atom stereocenters. The van der Waals surface area contributed by atoms with Gasteiger partial charge in [0.25, 0.3) is 0 Å². The summed E-state index contributed by atoms with van der Waals surface area (Å²) in [6.45, 7) is 4.37. The Morgan fingerprint density at radius 2 is 2.00 bits per heavy atom. The maximum Gasteiger partial charge on any atom is 0.317 e. The molecule has 0 bridgehead atoms. The van der Waals surface area contributed by atoms with Crippen molar-refractivity contribution in [3.8, 4) is 0 Å². The minimum absolute atomic E-state index is 0.103. The molecule has 1 saturated heterocycles. The molecule has 1 aromatic heterocycles. The highest BCUT2D eigenvalue weighted by atomic mass is 16.2. The highest BCUT2D eigenvalue weighted by Gasteiger charge is 2.26. The average Bonchev–Trinajstić information content (AvgIpc) is 3.16. The van der Waals surface area contributed by atoms with Crippen LogP contribution in [0, 0.1) is 12.8 Å². The smallest absolute Gasteiger partial charge is 0.317 e. The number of carbonyl (C=O) groups is 1. The molecule has 3 rings (SSSR count). The van der Waals surface area contributed by atoms with Crippen molar-refractivity contribution in [1.29, 1.82) is 0 Å². The van der Waals surface area contributed by atoms with Gasteiger partial charge in [-0.25, -0.2) is 9.78 Å². The molecular formula is C15H25N5O. The number of aromatic amines is 1. The fraction of sp³-hybridized carbons (Fsp3) is 0.800. The van der Waals surface area contributed by atoms with Crippen molar-refractivity contribution in [3.05, 3.63) is 11.6 Å². The molecule has 6 nitrogen and oxygen atoms in total. The second-order valence-corrected chi connectivity index (χ2v) is 6.38. The van der Waals surface area contributed by atoms with Crippen LogP contribution in [0.1, 0.15) is 56.1 Å². The van der Waals surface area contributed by atoms with Crippen molar-refractivity contribution in [1.82, 2.24) is 25.4 Å². The zero-order valence-electron chi connectivity index (χ0n) is 12.8. The fourth-order valence-corrected chi connectivity index (χ4v) is 3.44. The quantitative estimate of drug-likeness (QED) is 0.896. The molecule has 0 spiro atoms. The summed E-state index contributed by atoms with van der Waals surface area (Å²) >= 11 is 0. The molecule has 116 valence electrons. The van der Waals surface area contributed by atoms with E-state index >= 15 is 0 Å². The lowest BCUT2D eigenvalue weighted by atomic mass is 9.96. The molecule has 1 aliphatic heterocycles. The van der Waals surface area contributed by atoms with Crippen molar-refractivity contribution in [2.45, 2.75) is 51.4 Å². The van der Waals surface area contributed by atoms with Crippen LogP contribution in [0.4, 0.5) is 4.79 Å². The zero-order chi connectivity index (χ0) is 14.7. The van der Waals surface area contributed by atoms with E-state index in [1.807, 2.05) is 11.8 Å². The maximum absolute atomic E-state index is 12.2. The van der Waals surface area contributed by atoms with Gasteiger partial charge in [0.2, 0.25) is 0 Å². The largest absolute Gasteiger partial charge is 0.338 e. The molecule has 0 atom stereocenters. The van der Waals surface area contributed by atoms with Gasteiger partial charge in [-0.05, 0) is 38.5 Å². The lowest BCUT2D eigenvalue weighted by Crippen LogP contribution is -2.45. The van der Waals surface area contributed by atoms with Crippen molar-refractivity contribution < 1.29 is 4.79 Å². The Kier molecular flexibility index (Phi) is 4.41. The lowest BCUT2D eigenvalue weighted by Gasteiger charge is -2.31. The van der Waals surface area contributed by atoms with Crippen molar-refractivity contribution >= 4 is 6.03 Å². The van der Waals surface area contributed by atoms with Crippen LogP contribution in [0.5, 0.6) is 0 Å². The van der Waals surface area contributed by atoms with Gasteiger partial charge in [0.1, 0.15) is 5.82 Å². The first-order valence-electron chi connectivity index (χ1n) is 8.14. The highest BCUT2D eigenvalue weighted by molar-refractivity contribution is 5.74. The number of H-pyrrole nitrogens is 1. The SMILES string of the molecule is Cc1nc(C2CCN(C(=O)NCC3CCCC3)CC2)n[nH]1. The summed E-state index contributed by atoms with van der Waals surface area (Å²) in [5.74, 6) is 2.84. The van der Waals surface area contributed by atoms with Gasteiger partial charge in [0, 0.05) is 25.6 Å². The number of piperidine rings is 1. The zero-order valence-corrected chi connectivity index (χ0v) is 12.8. The van der Waals surface area contributed by atoms with E-state index in [2.05, 4.69) is 20.5 Å². The Morgan fingerprint density at radius 3 is 2.62 bits per heavy atom. The Morgan fingerprint density at radius 1 is 1.29 bits per heavy atom. The first kappa shape index (κ1) is 14.4. The number of carbonyl (C=O) groups excluding carboxylic acids is 1. The standard InChI is InChI=1S/C15H25N5O/c1-11-17-14(19-18-11)13-6-8-20(9-7-13)15(21)16-10-12-4-2-3-5-12/h12-13H,2-10H2,1H3,(H,16,21)(H,17,18,19). The number of urea groups is 1. The van der Waals surface area contributed by atoms with E-state index in [-0.39, 0.29) is 6.03 Å². The molecule has 2 fully saturated rings. The van der Waals surface area contributed by atoms with E-state index in [4.69, 9.17) is 0 Å². The summed E-state index contributed by atoms with van der Waals surface area (Å²) in [4.78, 5) is 18.5. The van der Waals surface area contributed by atoms with Gasteiger partial charge in [-0.2, -0.15) is 5.10 Å². The number of nitrogens with zero attached hydrogens (tertiary/aromatic N) is 3. The first-order chi connectivity index (χ1) is 10.2. The topological polar surface area (TPSA) is 73.9 Å². The van der Waals surface area contributed by atoms with Gasteiger partial charge in [0.05, 0.1) is 0 Å². The molecule has 1 saturated carbocycles. The summed E-state index contributed by atoms with van der Waals surface area (Å²) in [5.41, 5.74) is 0. The third kappa shape index (κ3) is 3.54. The van der Waals surface area contributed by atoms with Crippen molar-refractivity contribution in [2.24, 2.45) is 5.92 Å². The molecule has 1 aromatic rings. The number of nitrogens with one attached hydrogen (secondary N) is 2. The van der Waals surface area contributed by atoms with Crippen molar-refractivity contribution in [2.75, 3.05) is 19.6 Å². The molecule has 21 heavy (non-hydrogen) atoms. The maximum atomic E-state index is 12.2. The number of hydrogen-bond acceptors (Lipinski definition) is 3. The van der Waals surface area contributed by atoms with E-state index in [1.54, 1.807) is 0 Å². The van der Waals surface area contributed by atoms with Crippen LogP contribution in [0.2, 0.25) is 0 Å². The van der Waals surface area contributed by atoms with Crippen LogP contribution in [-0.2, 0) is 0 Å². The van der Waals surface area contributed by atoms with Gasteiger partial charge in [-0.15, -0.1) is 0 Å². The minimum Gasteiger partial charge on any atom is -0.338 e. The third-order valence-corrected chi connectivity index (χ3v) is 4.78. The monoisotopic (exact) mass is 291 g/mol. The predicted octanol–water partition coefficient (Wildman–Crippen LogP) is 2.19. The number of hydrogen-bond donors (Lipinski definition) is 2. The molecule has 2 heterocycles. The van der Waals surface area contributed by atoms with E-state index in [0.29, 0.717) is 11.8 Å². The van der Waals surface area contributed by atoms with E-state index in [1.165, 1.54) is 25.7 Å². The number of likely N-dealkylation sites (tertiary alicyclic amines) is 1. The minimum atomic E-state index is 0.103. The van der Waals surface area contributed by atoms with Crippen LogP contribution in [-0.4, -0.2) is 45.7 Å². The third-order valence-electron chi connectivity index (χ3n) is 4.78. The van der Waals surface area contributed by atoms with Gasteiger partial charge < -0.3 is 10.2 Å². The van der Waals surface area contributed by atoms with Gasteiger partial charge >= 0.3 is 6.03 Å². The molecule has 0 aromatic carbocycles.